The van der Waals surface area contributed by atoms with Crippen molar-refractivity contribution in [3.05, 3.63) is 71.3 Å². The molecule has 1 heterocycles. The molecular formula is C17H16FN3O. The number of halogens is 1. The van der Waals surface area contributed by atoms with Crippen LogP contribution in [-0.4, -0.2) is 10.1 Å². The molecule has 1 aromatic heterocycles. The van der Waals surface area contributed by atoms with Crippen LogP contribution in [0.4, 0.5) is 4.39 Å². The van der Waals surface area contributed by atoms with Crippen molar-refractivity contribution in [1.29, 1.82) is 0 Å². The van der Waals surface area contributed by atoms with E-state index >= 15 is 0 Å². The third-order valence-electron chi connectivity index (χ3n) is 3.26. The van der Waals surface area contributed by atoms with Crippen LogP contribution < -0.4 is 5.32 Å². The highest BCUT2D eigenvalue weighted by Gasteiger charge is 2.08. The van der Waals surface area contributed by atoms with Gasteiger partial charge in [0.1, 0.15) is 5.82 Å². The number of aromatic nitrogens is 2. The Bertz CT molecular complexity index is 753. The van der Waals surface area contributed by atoms with Gasteiger partial charge in [0.05, 0.1) is 6.54 Å². The van der Waals surface area contributed by atoms with Crippen LogP contribution in [0.2, 0.25) is 0 Å². The van der Waals surface area contributed by atoms with Gasteiger partial charge in [-0.25, -0.2) is 4.39 Å². The zero-order valence-electron chi connectivity index (χ0n) is 12.2. The molecule has 112 valence electrons. The Kier molecular flexibility index (Phi) is 4.25. The molecule has 0 aliphatic heterocycles. The van der Waals surface area contributed by atoms with Gasteiger partial charge in [0, 0.05) is 12.1 Å². The maximum absolute atomic E-state index is 12.8. The van der Waals surface area contributed by atoms with Crippen molar-refractivity contribution in [3.63, 3.8) is 0 Å². The van der Waals surface area contributed by atoms with Gasteiger partial charge in [0.2, 0.25) is 0 Å². The van der Waals surface area contributed by atoms with Crippen molar-refractivity contribution < 1.29 is 8.91 Å². The first kappa shape index (κ1) is 14.4. The maximum Gasteiger partial charge on any atom is 0.257 e. The second-order valence-corrected chi connectivity index (χ2v) is 5.12. The summed E-state index contributed by atoms with van der Waals surface area (Å²) in [6.07, 6.45) is 0. The molecule has 22 heavy (non-hydrogen) atoms. The molecule has 3 rings (SSSR count). The van der Waals surface area contributed by atoms with Gasteiger partial charge in [-0.3, -0.25) is 0 Å². The number of rotatable bonds is 5. The van der Waals surface area contributed by atoms with E-state index in [1.807, 2.05) is 31.2 Å². The molecule has 0 spiro atoms. The van der Waals surface area contributed by atoms with Gasteiger partial charge >= 0.3 is 0 Å². The topological polar surface area (TPSA) is 51.0 Å². The number of aryl methyl sites for hydroxylation is 1. The second kappa shape index (κ2) is 6.49. The summed E-state index contributed by atoms with van der Waals surface area (Å²) in [5.41, 5.74) is 3.06. The summed E-state index contributed by atoms with van der Waals surface area (Å²) in [5.74, 6) is 0.880. The van der Waals surface area contributed by atoms with E-state index in [1.54, 1.807) is 12.1 Å². The molecule has 3 aromatic rings. The smallest absolute Gasteiger partial charge is 0.257 e. The van der Waals surface area contributed by atoms with E-state index in [0.717, 1.165) is 16.7 Å². The molecule has 0 aliphatic rings. The van der Waals surface area contributed by atoms with Crippen LogP contribution in [0.1, 0.15) is 17.0 Å². The van der Waals surface area contributed by atoms with Crippen molar-refractivity contribution in [1.82, 2.24) is 15.5 Å². The lowest BCUT2D eigenvalue weighted by Crippen LogP contribution is -2.13. The average molecular weight is 297 g/mol. The van der Waals surface area contributed by atoms with Gasteiger partial charge in [0.25, 0.3) is 5.89 Å². The second-order valence-electron chi connectivity index (χ2n) is 5.12. The van der Waals surface area contributed by atoms with Crippen LogP contribution in [0.3, 0.4) is 0 Å². The highest BCUT2D eigenvalue weighted by Crippen LogP contribution is 2.18. The minimum absolute atomic E-state index is 0.232. The quantitative estimate of drug-likeness (QED) is 0.783. The Morgan fingerprint density at radius 1 is 1.09 bits per heavy atom. The zero-order chi connectivity index (χ0) is 15.4. The summed E-state index contributed by atoms with van der Waals surface area (Å²) in [5, 5.41) is 7.17. The molecule has 0 bridgehead atoms. The average Bonchev–Trinajstić information content (AvgIpc) is 2.98. The number of hydrogen-bond acceptors (Lipinski definition) is 4. The Morgan fingerprint density at radius 2 is 1.91 bits per heavy atom. The van der Waals surface area contributed by atoms with E-state index in [0.29, 0.717) is 24.8 Å². The molecule has 5 heteroatoms. The molecule has 0 atom stereocenters. The van der Waals surface area contributed by atoms with Gasteiger partial charge in [-0.15, -0.1) is 0 Å². The van der Waals surface area contributed by atoms with Crippen LogP contribution in [0.5, 0.6) is 0 Å². The van der Waals surface area contributed by atoms with Crippen molar-refractivity contribution in [2.45, 2.75) is 20.0 Å². The number of nitrogens with one attached hydrogen (secondary N) is 1. The van der Waals surface area contributed by atoms with E-state index in [1.165, 1.54) is 12.1 Å². The normalized spacial score (nSPS) is 10.8. The fourth-order valence-corrected chi connectivity index (χ4v) is 2.14. The highest BCUT2D eigenvalue weighted by molar-refractivity contribution is 5.53. The molecular weight excluding hydrogens is 281 g/mol. The molecule has 1 N–H and O–H groups in total. The van der Waals surface area contributed by atoms with E-state index in [2.05, 4.69) is 15.5 Å². The molecule has 0 amide bonds. The Balaban J connectivity index is 1.59. The van der Waals surface area contributed by atoms with Gasteiger partial charge in [-0.2, -0.15) is 4.98 Å². The van der Waals surface area contributed by atoms with Crippen molar-refractivity contribution in [2.75, 3.05) is 0 Å². The van der Waals surface area contributed by atoms with Crippen LogP contribution >= 0.6 is 0 Å². The summed E-state index contributed by atoms with van der Waals surface area (Å²) >= 11 is 0. The van der Waals surface area contributed by atoms with Gasteiger partial charge in [0.15, 0.2) is 5.82 Å². The summed E-state index contributed by atoms with van der Waals surface area (Å²) < 4.78 is 18.1. The van der Waals surface area contributed by atoms with E-state index in [-0.39, 0.29) is 5.82 Å². The van der Waals surface area contributed by atoms with E-state index < -0.39 is 0 Å². The molecule has 0 radical (unpaired) electrons. The highest BCUT2D eigenvalue weighted by atomic mass is 19.1. The molecule has 0 saturated heterocycles. The summed E-state index contributed by atoms with van der Waals surface area (Å²) in [7, 11) is 0. The van der Waals surface area contributed by atoms with Crippen LogP contribution in [0.15, 0.2) is 53.1 Å². The predicted octanol–water partition coefficient (Wildman–Crippen LogP) is 3.47. The number of hydrogen-bond donors (Lipinski definition) is 1. The number of nitrogens with zero attached hydrogens (tertiary/aromatic N) is 2. The maximum atomic E-state index is 12.8. The largest absolute Gasteiger partial charge is 0.334 e. The van der Waals surface area contributed by atoms with E-state index in [4.69, 9.17) is 4.52 Å². The molecule has 0 saturated carbocycles. The van der Waals surface area contributed by atoms with Gasteiger partial charge in [-0.1, -0.05) is 35.0 Å². The molecule has 4 nitrogen and oxygen atoms in total. The van der Waals surface area contributed by atoms with Crippen molar-refractivity contribution >= 4 is 0 Å². The van der Waals surface area contributed by atoms with Crippen molar-refractivity contribution in [2.24, 2.45) is 0 Å². The van der Waals surface area contributed by atoms with Crippen LogP contribution in [-0.2, 0) is 13.1 Å². The molecule has 0 fully saturated rings. The van der Waals surface area contributed by atoms with Gasteiger partial charge in [-0.05, 0) is 36.8 Å². The summed E-state index contributed by atoms with van der Waals surface area (Å²) in [6.45, 7) is 3.13. The minimum atomic E-state index is -0.232. The summed E-state index contributed by atoms with van der Waals surface area (Å²) in [6, 6.07) is 14.3. The molecule has 0 aliphatic carbocycles. The fourth-order valence-electron chi connectivity index (χ4n) is 2.14. The first-order valence-electron chi connectivity index (χ1n) is 7.05. The van der Waals surface area contributed by atoms with E-state index in [9.17, 15) is 4.39 Å². The zero-order valence-corrected chi connectivity index (χ0v) is 12.2. The predicted molar refractivity (Wildman–Crippen MR) is 81.4 cm³/mol. The van der Waals surface area contributed by atoms with Crippen LogP contribution in [0.25, 0.3) is 11.5 Å². The third-order valence-corrected chi connectivity index (χ3v) is 3.26. The van der Waals surface area contributed by atoms with Gasteiger partial charge < -0.3 is 9.84 Å². The number of benzene rings is 2. The fraction of sp³-hybridized carbons (Fsp3) is 0.176. The lowest BCUT2D eigenvalue weighted by Gasteiger charge is -2.01. The molecule has 2 aromatic carbocycles. The third kappa shape index (κ3) is 3.56. The lowest BCUT2D eigenvalue weighted by atomic mass is 10.1. The van der Waals surface area contributed by atoms with Crippen LogP contribution in [0, 0.1) is 12.7 Å². The van der Waals surface area contributed by atoms with Crippen molar-refractivity contribution in [3.8, 4) is 11.5 Å². The molecule has 0 unspecified atom stereocenters. The summed E-state index contributed by atoms with van der Waals surface area (Å²) in [4.78, 5) is 4.37. The Labute approximate surface area is 128 Å². The minimum Gasteiger partial charge on any atom is -0.334 e. The lowest BCUT2D eigenvalue weighted by molar-refractivity contribution is 0.419. The first-order chi connectivity index (χ1) is 10.7. The SMILES string of the molecule is Cc1cccc(-c2nc(CNCc3ccc(F)cc3)no2)c1. The Morgan fingerprint density at radius 3 is 2.68 bits per heavy atom. The Hall–Kier alpha value is -2.53. The monoisotopic (exact) mass is 297 g/mol. The first-order valence-corrected chi connectivity index (χ1v) is 7.05. The standard InChI is InChI=1S/C17H16FN3O/c1-12-3-2-4-14(9-12)17-20-16(21-22-17)11-19-10-13-5-7-15(18)8-6-13/h2-9,19H,10-11H2,1H3.